The molecule has 1 aromatic carbocycles. The summed E-state index contributed by atoms with van der Waals surface area (Å²) in [6, 6.07) is 5.73. The fourth-order valence-corrected chi connectivity index (χ4v) is 2.80. The summed E-state index contributed by atoms with van der Waals surface area (Å²) in [5.74, 6) is 1.57. The first-order valence-corrected chi connectivity index (χ1v) is 8.25. The van der Waals surface area contributed by atoms with Gasteiger partial charge in [-0.15, -0.1) is 0 Å². The van der Waals surface area contributed by atoms with Crippen LogP contribution in [-0.4, -0.2) is 56.5 Å². The fourth-order valence-electron chi connectivity index (χ4n) is 2.80. The zero-order valence-electron chi connectivity index (χ0n) is 15.2. The molecule has 0 aliphatic carbocycles. The van der Waals surface area contributed by atoms with Crippen molar-refractivity contribution in [3.63, 3.8) is 0 Å². The van der Waals surface area contributed by atoms with E-state index in [1.54, 1.807) is 19.1 Å². The third kappa shape index (κ3) is 4.77. The minimum absolute atomic E-state index is 0.00889. The van der Waals surface area contributed by atoms with E-state index in [9.17, 15) is 4.79 Å². The zero-order valence-corrected chi connectivity index (χ0v) is 15.2. The Hall–Kier alpha value is -1.95. The number of benzene rings is 1. The van der Waals surface area contributed by atoms with Crippen molar-refractivity contribution in [1.29, 1.82) is 0 Å². The molecule has 0 bridgehead atoms. The van der Waals surface area contributed by atoms with E-state index < -0.39 is 5.60 Å². The van der Waals surface area contributed by atoms with Crippen LogP contribution < -0.4 is 14.8 Å². The van der Waals surface area contributed by atoms with Crippen LogP contribution >= 0.6 is 0 Å². The normalized spacial score (nSPS) is 18.2. The van der Waals surface area contributed by atoms with Crippen molar-refractivity contribution in [2.45, 2.75) is 38.8 Å². The molecule has 134 valence electrons. The summed E-state index contributed by atoms with van der Waals surface area (Å²) in [5, 5.41) is 3.35. The van der Waals surface area contributed by atoms with Crippen LogP contribution in [0.25, 0.3) is 0 Å². The van der Waals surface area contributed by atoms with Gasteiger partial charge in [-0.2, -0.15) is 0 Å². The second kappa shape index (κ2) is 7.75. The molecule has 2 rings (SSSR count). The maximum atomic E-state index is 12.5. The Labute approximate surface area is 144 Å². The summed E-state index contributed by atoms with van der Waals surface area (Å²) in [7, 11) is 3.29. The predicted octanol–water partition coefficient (Wildman–Crippen LogP) is 2.46. The summed E-state index contributed by atoms with van der Waals surface area (Å²) < 4.78 is 16.3. The first-order valence-electron chi connectivity index (χ1n) is 8.25. The van der Waals surface area contributed by atoms with Crippen LogP contribution in [0.15, 0.2) is 18.2 Å². The van der Waals surface area contributed by atoms with Gasteiger partial charge in [-0.05, 0) is 51.0 Å². The molecule has 1 fully saturated rings. The van der Waals surface area contributed by atoms with E-state index in [1.165, 1.54) is 0 Å². The first kappa shape index (κ1) is 18.4. The van der Waals surface area contributed by atoms with Gasteiger partial charge in [0.15, 0.2) is 0 Å². The SMILES string of the molecule is COc1ccc(OC)c(CC2CNCCN2C(=O)OC(C)(C)C)c1. The van der Waals surface area contributed by atoms with Crippen LogP contribution in [0.3, 0.4) is 0 Å². The summed E-state index contributed by atoms with van der Waals surface area (Å²) in [6.07, 6.45) is 0.406. The van der Waals surface area contributed by atoms with Gasteiger partial charge in [0.2, 0.25) is 0 Å². The molecule has 6 heteroatoms. The molecule has 6 nitrogen and oxygen atoms in total. The van der Waals surface area contributed by atoms with Gasteiger partial charge in [0.05, 0.1) is 20.3 Å². The van der Waals surface area contributed by atoms with Gasteiger partial charge in [0.1, 0.15) is 17.1 Å². The second-order valence-corrected chi connectivity index (χ2v) is 6.91. The molecule has 1 amide bonds. The van der Waals surface area contributed by atoms with Crippen LogP contribution in [0.1, 0.15) is 26.3 Å². The van der Waals surface area contributed by atoms with E-state index in [0.29, 0.717) is 13.0 Å². The number of nitrogens with one attached hydrogen (secondary N) is 1. The highest BCUT2D eigenvalue weighted by Crippen LogP contribution is 2.27. The molecule has 1 saturated heterocycles. The second-order valence-electron chi connectivity index (χ2n) is 6.91. The minimum atomic E-state index is -0.500. The molecule has 0 aromatic heterocycles. The highest BCUT2D eigenvalue weighted by atomic mass is 16.6. The smallest absolute Gasteiger partial charge is 0.410 e. The van der Waals surface area contributed by atoms with Crippen molar-refractivity contribution in [2.24, 2.45) is 0 Å². The molecular weight excluding hydrogens is 308 g/mol. The Morgan fingerprint density at radius 1 is 1.29 bits per heavy atom. The molecule has 1 unspecified atom stereocenters. The molecular formula is C18H28N2O4. The van der Waals surface area contributed by atoms with E-state index in [2.05, 4.69) is 5.32 Å². The van der Waals surface area contributed by atoms with Crippen molar-refractivity contribution in [3.05, 3.63) is 23.8 Å². The number of ether oxygens (including phenoxy) is 3. The van der Waals surface area contributed by atoms with Crippen LogP contribution in [0, 0.1) is 0 Å². The van der Waals surface area contributed by atoms with Crippen molar-refractivity contribution in [3.8, 4) is 11.5 Å². The maximum Gasteiger partial charge on any atom is 0.410 e. The highest BCUT2D eigenvalue weighted by molar-refractivity contribution is 5.69. The largest absolute Gasteiger partial charge is 0.497 e. The lowest BCUT2D eigenvalue weighted by molar-refractivity contribution is 0.0121. The molecule has 1 aromatic rings. The van der Waals surface area contributed by atoms with Gasteiger partial charge in [-0.3, -0.25) is 0 Å². The third-order valence-electron chi connectivity index (χ3n) is 3.92. The molecule has 1 N–H and O–H groups in total. The van der Waals surface area contributed by atoms with Crippen molar-refractivity contribution in [1.82, 2.24) is 10.2 Å². The highest BCUT2D eigenvalue weighted by Gasteiger charge is 2.31. The predicted molar refractivity (Wildman–Crippen MR) is 92.8 cm³/mol. The van der Waals surface area contributed by atoms with Crippen LogP contribution in [0.4, 0.5) is 4.79 Å². The van der Waals surface area contributed by atoms with Gasteiger partial charge in [0.25, 0.3) is 0 Å². The number of hydrogen-bond donors (Lipinski definition) is 1. The summed E-state index contributed by atoms with van der Waals surface area (Å²) >= 11 is 0. The Kier molecular flexibility index (Phi) is 5.94. The standard InChI is InChI=1S/C18H28N2O4/c1-18(2,3)24-17(21)20-9-8-19-12-14(20)10-13-11-15(22-4)6-7-16(13)23-5/h6-7,11,14,19H,8-10,12H2,1-5H3. The van der Waals surface area contributed by atoms with Gasteiger partial charge >= 0.3 is 6.09 Å². The fraction of sp³-hybridized carbons (Fsp3) is 0.611. The molecule has 1 atom stereocenters. The Morgan fingerprint density at radius 2 is 2.04 bits per heavy atom. The maximum absolute atomic E-state index is 12.5. The van der Waals surface area contributed by atoms with Crippen LogP contribution in [0.5, 0.6) is 11.5 Å². The molecule has 0 saturated carbocycles. The monoisotopic (exact) mass is 336 g/mol. The lowest BCUT2D eigenvalue weighted by atomic mass is 10.0. The first-order chi connectivity index (χ1) is 11.3. The number of hydrogen-bond acceptors (Lipinski definition) is 5. The average Bonchev–Trinajstić information content (AvgIpc) is 2.53. The zero-order chi connectivity index (χ0) is 17.7. The minimum Gasteiger partial charge on any atom is -0.497 e. The lowest BCUT2D eigenvalue weighted by Gasteiger charge is -2.37. The van der Waals surface area contributed by atoms with Gasteiger partial charge in [-0.25, -0.2) is 4.79 Å². The number of carbonyl (C=O) groups excluding carboxylic acids is 1. The number of carbonyl (C=O) groups is 1. The number of rotatable bonds is 4. The number of nitrogens with zero attached hydrogens (tertiary/aromatic N) is 1. The van der Waals surface area contributed by atoms with Crippen molar-refractivity contribution in [2.75, 3.05) is 33.9 Å². The molecule has 0 spiro atoms. The van der Waals surface area contributed by atoms with Crippen molar-refractivity contribution < 1.29 is 19.0 Å². The summed E-state index contributed by atoms with van der Waals surface area (Å²) in [4.78, 5) is 14.3. The van der Waals surface area contributed by atoms with E-state index >= 15 is 0 Å². The number of piperazine rings is 1. The summed E-state index contributed by atoms with van der Waals surface area (Å²) in [6.45, 7) is 7.77. The topological polar surface area (TPSA) is 60.0 Å². The summed E-state index contributed by atoms with van der Waals surface area (Å²) in [5.41, 5.74) is 0.513. The van der Waals surface area contributed by atoms with Gasteiger partial charge < -0.3 is 24.4 Å². The third-order valence-corrected chi connectivity index (χ3v) is 3.92. The van der Waals surface area contributed by atoms with Crippen LogP contribution in [-0.2, 0) is 11.2 Å². The van der Waals surface area contributed by atoms with E-state index in [4.69, 9.17) is 14.2 Å². The number of methoxy groups -OCH3 is 2. The quantitative estimate of drug-likeness (QED) is 0.915. The van der Waals surface area contributed by atoms with E-state index in [0.717, 1.165) is 30.2 Å². The van der Waals surface area contributed by atoms with E-state index in [-0.39, 0.29) is 12.1 Å². The van der Waals surface area contributed by atoms with Crippen LogP contribution in [0.2, 0.25) is 0 Å². The average molecular weight is 336 g/mol. The molecule has 1 aliphatic rings. The Bertz CT molecular complexity index is 569. The molecule has 1 heterocycles. The number of amides is 1. The van der Waals surface area contributed by atoms with Gasteiger partial charge in [-0.1, -0.05) is 0 Å². The Balaban J connectivity index is 2.18. The molecule has 1 aliphatic heterocycles. The molecule has 0 radical (unpaired) electrons. The van der Waals surface area contributed by atoms with Crippen molar-refractivity contribution >= 4 is 6.09 Å². The Morgan fingerprint density at radius 3 is 2.67 bits per heavy atom. The lowest BCUT2D eigenvalue weighted by Crippen LogP contribution is -2.55. The van der Waals surface area contributed by atoms with E-state index in [1.807, 2.05) is 39.0 Å². The molecule has 24 heavy (non-hydrogen) atoms. The van der Waals surface area contributed by atoms with Gasteiger partial charge in [0, 0.05) is 19.6 Å².